The third-order valence-corrected chi connectivity index (χ3v) is 6.26. The summed E-state index contributed by atoms with van der Waals surface area (Å²) in [6.45, 7) is 5.06. The van der Waals surface area contributed by atoms with Gasteiger partial charge in [0.2, 0.25) is 5.90 Å². The fraction of sp³-hybridized carbons (Fsp3) is 0.333. The number of nitrogens with zero attached hydrogens (tertiary/aromatic N) is 2. The fourth-order valence-corrected chi connectivity index (χ4v) is 3.92. The Labute approximate surface area is 244 Å². The lowest BCUT2D eigenvalue weighted by atomic mass is 10.2. The average Bonchev–Trinajstić information content (AvgIpc) is 2.97. The number of hydrogen-bond donors (Lipinski definition) is 1. The summed E-state index contributed by atoms with van der Waals surface area (Å²) in [6.07, 6.45) is 7.17. The molecule has 0 fully saturated rings. The largest absolute Gasteiger partial charge is 0.482 e. The molecule has 0 saturated carbocycles. The van der Waals surface area contributed by atoms with Gasteiger partial charge in [-0.15, -0.1) is 0 Å². The third-order valence-electron chi connectivity index (χ3n) is 5.60. The number of hydrogen-bond acceptors (Lipinski definition) is 8. The summed E-state index contributed by atoms with van der Waals surface area (Å²) in [6, 6.07) is 14.3. The van der Waals surface area contributed by atoms with E-state index < -0.39 is 0 Å². The van der Waals surface area contributed by atoms with Crippen molar-refractivity contribution in [2.45, 2.75) is 39.5 Å². The van der Waals surface area contributed by atoms with E-state index in [9.17, 15) is 4.79 Å². The Morgan fingerprint density at radius 1 is 0.750 bits per heavy atom. The SMILES string of the molecule is CCCCOC(=N)COc1ccc(Cl)c2cccnc12.CCCCOC(=O)COc1ccc(Cl)c2cccnc12. The molecular formula is C30H33Cl2N3O5. The number of fused-ring (bicyclic) bond motifs is 2. The lowest BCUT2D eigenvalue weighted by Crippen LogP contribution is -2.15. The quantitative estimate of drug-likeness (QED) is 0.0786. The van der Waals surface area contributed by atoms with Crippen molar-refractivity contribution in [3.63, 3.8) is 0 Å². The highest BCUT2D eigenvalue weighted by Gasteiger charge is 2.10. The molecule has 0 aliphatic carbocycles. The van der Waals surface area contributed by atoms with Crippen LogP contribution in [0.4, 0.5) is 0 Å². The smallest absolute Gasteiger partial charge is 0.344 e. The van der Waals surface area contributed by atoms with Crippen molar-refractivity contribution in [2.24, 2.45) is 0 Å². The molecule has 0 atom stereocenters. The number of pyridine rings is 2. The van der Waals surface area contributed by atoms with Gasteiger partial charge < -0.3 is 18.9 Å². The third kappa shape index (κ3) is 9.24. The van der Waals surface area contributed by atoms with Crippen LogP contribution in [0.15, 0.2) is 60.9 Å². The predicted octanol–water partition coefficient (Wildman–Crippen LogP) is 7.67. The maximum absolute atomic E-state index is 11.5. The topological polar surface area (TPSA) is 104 Å². The number of carbonyl (C=O) groups is 1. The van der Waals surface area contributed by atoms with E-state index in [1.54, 1.807) is 42.7 Å². The number of carbonyl (C=O) groups excluding carboxylic acids is 1. The van der Waals surface area contributed by atoms with E-state index in [2.05, 4.69) is 16.9 Å². The predicted molar refractivity (Wildman–Crippen MR) is 159 cm³/mol. The maximum atomic E-state index is 11.5. The van der Waals surface area contributed by atoms with Crippen molar-refractivity contribution in [2.75, 3.05) is 26.4 Å². The first kappa shape index (κ1) is 30.9. The maximum Gasteiger partial charge on any atom is 0.344 e. The van der Waals surface area contributed by atoms with Crippen LogP contribution in [0.1, 0.15) is 39.5 Å². The van der Waals surface area contributed by atoms with Crippen LogP contribution in [-0.4, -0.2) is 48.3 Å². The van der Waals surface area contributed by atoms with Gasteiger partial charge in [-0.25, -0.2) is 4.79 Å². The molecule has 40 heavy (non-hydrogen) atoms. The fourth-order valence-electron chi connectivity index (χ4n) is 3.49. The Kier molecular flexibility index (Phi) is 12.7. The van der Waals surface area contributed by atoms with Crippen LogP contribution in [-0.2, 0) is 14.3 Å². The number of unbranched alkanes of at least 4 members (excludes halogenated alkanes) is 2. The minimum absolute atomic E-state index is 0.0943. The van der Waals surface area contributed by atoms with Crippen LogP contribution < -0.4 is 9.47 Å². The number of esters is 1. The first-order chi connectivity index (χ1) is 19.4. The van der Waals surface area contributed by atoms with Crippen molar-refractivity contribution < 1.29 is 23.7 Å². The van der Waals surface area contributed by atoms with Gasteiger partial charge in [0.15, 0.2) is 13.2 Å². The van der Waals surface area contributed by atoms with Crippen LogP contribution in [0.2, 0.25) is 10.0 Å². The van der Waals surface area contributed by atoms with Gasteiger partial charge in [0.25, 0.3) is 0 Å². The van der Waals surface area contributed by atoms with Gasteiger partial charge in [-0.2, -0.15) is 0 Å². The Balaban J connectivity index is 0.000000220. The lowest BCUT2D eigenvalue weighted by molar-refractivity contribution is -0.146. The van der Waals surface area contributed by atoms with Crippen molar-refractivity contribution >= 4 is 56.9 Å². The van der Waals surface area contributed by atoms with E-state index in [-0.39, 0.29) is 25.1 Å². The van der Waals surface area contributed by atoms with Gasteiger partial charge in [0, 0.05) is 23.2 Å². The van der Waals surface area contributed by atoms with E-state index in [0.29, 0.717) is 45.8 Å². The van der Waals surface area contributed by atoms with Crippen molar-refractivity contribution in [1.29, 1.82) is 5.41 Å². The average molecular weight is 587 g/mol. The van der Waals surface area contributed by atoms with Gasteiger partial charge in [-0.05, 0) is 61.4 Å². The zero-order chi connectivity index (χ0) is 28.7. The molecule has 0 saturated heterocycles. The molecule has 10 heteroatoms. The van der Waals surface area contributed by atoms with Crippen molar-refractivity contribution in [3.8, 4) is 11.5 Å². The number of benzene rings is 2. The Morgan fingerprint density at radius 3 is 1.77 bits per heavy atom. The molecule has 0 spiro atoms. The van der Waals surface area contributed by atoms with Crippen LogP contribution >= 0.6 is 23.2 Å². The molecule has 8 nitrogen and oxygen atoms in total. The minimum atomic E-state index is -0.377. The number of rotatable bonds is 12. The lowest BCUT2D eigenvalue weighted by Gasteiger charge is -2.11. The zero-order valence-corrected chi connectivity index (χ0v) is 24.1. The van der Waals surface area contributed by atoms with E-state index in [1.807, 2.05) is 25.1 Å². The number of ether oxygens (including phenoxy) is 4. The van der Waals surface area contributed by atoms with Gasteiger partial charge in [0.05, 0.1) is 23.3 Å². The van der Waals surface area contributed by atoms with Gasteiger partial charge in [0.1, 0.15) is 22.5 Å². The molecule has 0 aliphatic heterocycles. The summed E-state index contributed by atoms with van der Waals surface area (Å²) in [5.41, 5.74) is 1.34. The molecule has 4 rings (SSSR count). The highest BCUT2D eigenvalue weighted by Crippen LogP contribution is 2.30. The molecule has 0 amide bonds. The molecule has 1 N–H and O–H groups in total. The second-order valence-electron chi connectivity index (χ2n) is 8.67. The molecular weight excluding hydrogens is 553 g/mol. The molecule has 2 aromatic heterocycles. The van der Waals surface area contributed by atoms with Crippen LogP contribution in [0.3, 0.4) is 0 Å². The summed E-state index contributed by atoms with van der Waals surface area (Å²) >= 11 is 12.2. The molecule has 0 radical (unpaired) electrons. The van der Waals surface area contributed by atoms with E-state index in [1.165, 1.54) is 0 Å². The van der Waals surface area contributed by atoms with Crippen LogP contribution in [0.25, 0.3) is 21.8 Å². The molecule has 0 bridgehead atoms. The Bertz CT molecular complexity index is 1310. The number of aromatic nitrogens is 2. The summed E-state index contributed by atoms with van der Waals surface area (Å²) in [7, 11) is 0. The van der Waals surface area contributed by atoms with E-state index >= 15 is 0 Å². The molecule has 0 unspecified atom stereocenters. The standard InChI is InChI=1S/C15H17ClN2O2.C15H16ClNO3/c1-2-3-9-19-14(17)10-20-13-7-6-12(16)11-5-4-8-18-15(11)13;1-2-3-9-19-14(18)10-20-13-7-6-12(16)11-5-4-8-17-15(11)13/h4-8,17H,2-3,9-10H2,1H3;4-8H,2-3,9-10H2,1H3. The van der Waals surface area contributed by atoms with Crippen LogP contribution in [0.5, 0.6) is 11.5 Å². The Morgan fingerprint density at radius 2 is 1.25 bits per heavy atom. The van der Waals surface area contributed by atoms with E-state index in [0.717, 1.165) is 36.5 Å². The minimum Gasteiger partial charge on any atom is -0.482 e. The summed E-state index contributed by atoms with van der Waals surface area (Å²) in [4.78, 5) is 20.0. The summed E-state index contributed by atoms with van der Waals surface area (Å²) in [5, 5.41) is 10.5. The van der Waals surface area contributed by atoms with Crippen molar-refractivity contribution in [3.05, 3.63) is 71.0 Å². The molecule has 0 aliphatic rings. The first-order valence-corrected chi connectivity index (χ1v) is 13.9. The second kappa shape index (κ2) is 16.5. The van der Waals surface area contributed by atoms with E-state index in [4.69, 9.17) is 47.6 Å². The normalized spacial score (nSPS) is 10.5. The van der Waals surface area contributed by atoms with Gasteiger partial charge in [-0.3, -0.25) is 15.4 Å². The first-order valence-electron chi connectivity index (χ1n) is 13.1. The number of halogens is 2. The van der Waals surface area contributed by atoms with Crippen molar-refractivity contribution in [1.82, 2.24) is 9.97 Å². The molecule has 4 aromatic rings. The van der Waals surface area contributed by atoms with Gasteiger partial charge >= 0.3 is 5.97 Å². The molecule has 212 valence electrons. The monoisotopic (exact) mass is 585 g/mol. The number of nitrogens with one attached hydrogen (secondary N) is 1. The zero-order valence-electron chi connectivity index (χ0n) is 22.6. The van der Waals surface area contributed by atoms with Crippen LogP contribution in [0, 0.1) is 5.41 Å². The summed E-state index contributed by atoms with van der Waals surface area (Å²) < 4.78 is 21.3. The highest BCUT2D eigenvalue weighted by atomic mass is 35.5. The molecule has 2 aromatic carbocycles. The molecule has 2 heterocycles. The Hall–Kier alpha value is -3.62. The highest BCUT2D eigenvalue weighted by molar-refractivity contribution is 6.36. The summed E-state index contributed by atoms with van der Waals surface area (Å²) in [5.74, 6) is 0.876. The van der Waals surface area contributed by atoms with Gasteiger partial charge in [-0.1, -0.05) is 49.9 Å². The second-order valence-corrected chi connectivity index (χ2v) is 9.48.